The van der Waals surface area contributed by atoms with Gasteiger partial charge in [-0.3, -0.25) is 4.79 Å². The average Bonchev–Trinajstić information content (AvgIpc) is 2.72. The summed E-state index contributed by atoms with van der Waals surface area (Å²) in [6.45, 7) is 7.47. The number of ketones is 1. The van der Waals surface area contributed by atoms with Crippen molar-refractivity contribution >= 4 is 5.78 Å². The summed E-state index contributed by atoms with van der Waals surface area (Å²) in [5.41, 5.74) is 0.975. The highest BCUT2D eigenvalue weighted by molar-refractivity contribution is 5.83. The summed E-state index contributed by atoms with van der Waals surface area (Å²) in [4.78, 5) is 11.8. The number of rotatable bonds is 2. The molecule has 0 spiro atoms. The fraction of sp³-hybridized carbons (Fsp3) is 0.941. The van der Waals surface area contributed by atoms with E-state index in [1.165, 1.54) is 19.3 Å². The molecule has 3 fully saturated rings. The first-order valence-corrected chi connectivity index (χ1v) is 7.95. The number of hydrogen-bond acceptors (Lipinski definition) is 2. The lowest BCUT2D eigenvalue weighted by Crippen LogP contribution is -2.40. The van der Waals surface area contributed by atoms with E-state index in [0.29, 0.717) is 22.5 Å². The molecule has 0 saturated heterocycles. The van der Waals surface area contributed by atoms with Gasteiger partial charge >= 0.3 is 0 Å². The van der Waals surface area contributed by atoms with Gasteiger partial charge in [-0.1, -0.05) is 20.8 Å². The summed E-state index contributed by atoms with van der Waals surface area (Å²) < 4.78 is 5.41. The van der Waals surface area contributed by atoms with Gasteiger partial charge in [0, 0.05) is 13.5 Å². The van der Waals surface area contributed by atoms with E-state index in [1.54, 1.807) is 7.11 Å². The third-order valence-corrected chi connectivity index (χ3v) is 7.35. The number of ether oxygens (including phenoxy) is 1. The Hall–Kier alpha value is -0.370. The fourth-order valence-electron chi connectivity index (χ4n) is 5.58. The zero-order chi connectivity index (χ0) is 13.8. The van der Waals surface area contributed by atoms with E-state index in [9.17, 15) is 4.79 Å². The highest BCUT2D eigenvalue weighted by Crippen LogP contribution is 2.70. The van der Waals surface area contributed by atoms with E-state index < -0.39 is 0 Å². The number of methoxy groups -OCH3 is 1. The van der Waals surface area contributed by atoms with Gasteiger partial charge in [0.1, 0.15) is 6.10 Å². The average molecular weight is 264 g/mol. The Labute approximate surface area is 117 Å². The Balaban J connectivity index is 1.79. The molecule has 0 aliphatic heterocycles. The molecule has 5 atom stereocenters. The van der Waals surface area contributed by atoms with E-state index in [1.807, 2.05) is 0 Å². The molecule has 0 aromatic carbocycles. The summed E-state index contributed by atoms with van der Waals surface area (Å²) in [5, 5.41) is 0. The fourth-order valence-corrected chi connectivity index (χ4v) is 5.58. The molecule has 0 aromatic heterocycles. The van der Waals surface area contributed by atoms with Crippen LogP contribution in [0.2, 0.25) is 0 Å². The normalized spacial score (nSPS) is 48.7. The van der Waals surface area contributed by atoms with E-state index in [2.05, 4.69) is 20.8 Å². The lowest BCUT2D eigenvalue weighted by molar-refractivity contribution is -0.134. The zero-order valence-corrected chi connectivity index (χ0v) is 12.9. The van der Waals surface area contributed by atoms with Crippen molar-refractivity contribution in [2.75, 3.05) is 7.11 Å². The van der Waals surface area contributed by atoms with E-state index in [0.717, 1.165) is 31.1 Å². The van der Waals surface area contributed by atoms with Crippen LogP contribution in [0.15, 0.2) is 0 Å². The maximum atomic E-state index is 11.8. The monoisotopic (exact) mass is 264 g/mol. The van der Waals surface area contributed by atoms with E-state index in [-0.39, 0.29) is 6.10 Å². The largest absolute Gasteiger partial charge is 0.374 e. The number of Topliss-reactive ketones (excluding diaryl/α,β-unsaturated/α-hetero) is 1. The Morgan fingerprint density at radius 3 is 2.42 bits per heavy atom. The Morgan fingerprint density at radius 2 is 1.89 bits per heavy atom. The predicted octanol–water partition coefficient (Wildman–Crippen LogP) is 3.83. The van der Waals surface area contributed by atoms with Crippen molar-refractivity contribution in [2.24, 2.45) is 28.6 Å². The summed E-state index contributed by atoms with van der Waals surface area (Å²) >= 11 is 0. The summed E-state index contributed by atoms with van der Waals surface area (Å²) in [7, 11) is 1.69. The molecule has 3 saturated carbocycles. The van der Waals surface area contributed by atoms with Gasteiger partial charge in [-0.2, -0.15) is 0 Å². The standard InChI is InChI=1S/C17H28O2/c1-16(2)12-7-8-17(16,3)13(10-12)11-5-6-14(18)15(9-11)19-4/h11-13,15H,5-10H2,1-4H3/t11?,12-,13+,15?,17+/m1/s1. The van der Waals surface area contributed by atoms with Crippen LogP contribution in [0.5, 0.6) is 0 Å². The Morgan fingerprint density at radius 1 is 1.16 bits per heavy atom. The topological polar surface area (TPSA) is 26.3 Å². The van der Waals surface area contributed by atoms with Crippen molar-refractivity contribution in [1.29, 1.82) is 0 Å². The van der Waals surface area contributed by atoms with Crippen LogP contribution >= 0.6 is 0 Å². The van der Waals surface area contributed by atoms with Crippen LogP contribution in [0.4, 0.5) is 0 Å². The minimum atomic E-state index is -0.121. The molecule has 108 valence electrons. The predicted molar refractivity (Wildman–Crippen MR) is 75.9 cm³/mol. The van der Waals surface area contributed by atoms with Crippen LogP contribution in [-0.2, 0) is 9.53 Å². The Bertz CT molecular complexity index is 387. The second-order valence-corrected chi connectivity index (χ2v) is 7.94. The minimum Gasteiger partial charge on any atom is -0.374 e. The van der Waals surface area contributed by atoms with Gasteiger partial charge in [-0.25, -0.2) is 0 Å². The minimum absolute atomic E-state index is 0.121. The summed E-state index contributed by atoms with van der Waals surface area (Å²) in [6, 6.07) is 0. The lowest BCUT2D eigenvalue weighted by atomic mass is 9.61. The number of carbonyl (C=O) groups is 1. The molecule has 3 aliphatic rings. The maximum absolute atomic E-state index is 11.8. The summed E-state index contributed by atoms with van der Waals surface area (Å²) in [6.07, 6.45) is 6.88. The van der Waals surface area contributed by atoms with Crippen molar-refractivity contribution in [3.8, 4) is 0 Å². The molecule has 0 heterocycles. The third kappa shape index (κ3) is 1.75. The molecule has 3 rings (SSSR count). The number of hydrogen-bond donors (Lipinski definition) is 0. The van der Waals surface area contributed by atoms with Gasteiger partial charge in [0.15, 0.2) is 5.78 Å². The van der Waals surface area contributed by atoms with Crippen molar-refractivity contribution in [2.45, 2.75) is 65.4 Å². The maximum Gasteiger partial charge on any atom is 0.161 e. The van der Waals surface area contributed by atoms with Crippen LogP contribution < -0.4 is 0 Å². The summed E-state index contributed by atoms with van der Waals surface area (Å²) in [5.74, 6) is 2.75. The first-order chi connectivity index (χ1) is 8.90. The highest BCUT2D eigenvalue weighted by atomic mass is 16.5. The highest BCUT2D eigenvalue weighted by Gasteiger charge is 2.62. The SMILES string of the molecule is COC1CC([C@@H]2C[C@H]3CC[C@]2(C)C3(C)C)CCC1=O. The van der Waals surface area contributed by atoms with Crippen LogP contribution in [0.3, 0.4) is 0 Å². The van der Waals surface area contributed by atoms with Gasteiger partial charge in [0.2, 0.25) is 0 Å². The molecule has 0 aromatic rings. The molecule has 19 heavy (non-hydrogen) atoms. The zero-order valence-electron chi connectivity index (χ0n) is 12.9. The molecule has 0 amide bonds. The first-order valence-electron chi connectivity index (χ1n) is 7.95. The molecular weight excluding hydrogens is 236 g/mol. The van der Waals surface area contributed by atoms with Gasteiger partial charge in [0.05, 0.1) is 0 Å². The lowest BCUT2D eigenvalue weighted by Gasteiger charge is -2.44. The van der Waals surface area contributed by atoms with Gasteiger partial charge < -0.3 is 4.74 Å². The van der Waals surface area contributed by atoms with Gasteiger partial charge in [-0.05, 0) is 60.7 Å². The number of carbonyl (C=O) groups excluding carboxylic acids is 1. The molecule has 3 aliphatic carbocycles. The smallest absolute Gasteiger partial charge is 0.161 e. The van der Waals surface area contributed by atoms with Crippen molar-refractivity contribution in [3.63, 3.8) is 0 Å². The molecule has 2 unspecified atom stereocenters. The third-order valence-electron chi connectivity index (χ3n) is 7.35. The first kappa shape index (κ1) is 13.6. The van der Waals surface area contributed by atoms with Crippen LogP contribution in [-0.4, -0.2) is 19.0 Å². The number of fused-ring (bicyclic) bond motifs is 2. The molecule has 2 nitrogen and oxygen atoms in total. The molecule has 0 radical (unpaired) electrons. The Kier molecular flexibility index (Phi) is 3.09. The van der Waals surface area contributed by atoms with Crippen LogP contribution in [0, 0.1) is 28.6 Å². The van der Waals surface area contributed by atoms with Gasteiger partial charge in [-0.15, -0.1) is 0 Å². The second kappa shape index (κ2) is 4.31. The van der Waals surface area contributed by atoms with Crippen LogP contribution in [0.25, 0.3) is 0 Å². The molecule has 2 heteroatoms. The van der Waals surface area contributed by atoms with Gasteiger partial charge in [0.25, 0.3) is 0 Å². The molecule has 0 N–H and O–H groups in total. The van der Waals surface area contributed by atoms with E-state index in [4.69, 9.17) is 4.74 Å². The quantitative estimate of drug-likeness (QED) is 0.757. The van der Waals surface area contributed by atoms with E-state index >= 15 is 0 Å². The molecular formula is C17H28O2. The van der Waals surface area contributed by atoms with Crippen molar-refractivity contribution in [1.82, 2.24) is 0 Å². The molecule has 2 bridgehead atoms. The second-order valence-electron chi connectivity index (χ2n) is 7.94. The van der Waals surface area contributed by atoms with Crippen molar-refractivity contribution in [3.05, 3.63) is 0 Å². The van der Waals surface area contributed by atoms with Crippen molar-refractivity contribution < 1.29 is 9.53 Å². The van der Waals surface area contributed by atoms with Crippen LogP contribution in [0.1, 0.15) is 59.3 Å².